The maximum Gasteiger partial charge on any atom is 0.0931 e. The SMILES string of the molecule is C[C@H](O)c1ccc(N2CCCc3ccccc3C2)cn1. The predicted octanol–water partition coefficient (Wildman–Crippen LogP) is 3.09. The topological polar surface area (TPSA) is 36.4 Å². The number of aliphatic hydroxyl groups excluding tert-OH is 1. The summed E-state index contributed by atoms with van der Waals surface area (Å²) in [5, 5.41) is 9.52. The van der Waals surface area contributed by atoms with Crippen molar-refractivity contribution in [2.45, 2.75) is 32.4 Å². The van der Waals surface area contributed by atoms with Crippen LogP contribution in [0.4, 0.5) is 5.69 Å². The second-order valence-corrected chi connectivity index (χ2v) is 5.41. The fraction of sp³-hybridized carbons (Fsp3) is 0.353. The van der Waals surface area contributed by atoms with Crippen LogP contribution in [0.15, 0.2) is 42.6 Å². The van der Waals surface area contributed by atoms with E-state index in [1.54, 1.807) is 6.92 Å². The minimum absolute atomic E-state index is 0.506. The van der Waals surface area contributed by atoms with E-state index in [2.05, 4.69) is 40.2 Å². The van der Waals surface area contributed by atoms with Crippen molar-refractivity contribution in [3.05, 3.63) is 59.4 Å². The second kappa shape index (κ2) is 5.63. The Morgan fingerprint density at radius 3 is 2.65 bits per heavy atom. The van der Waals surface area contributed by atoms with Gasteiger partial charge in [-0.25, -0.2) is 0 Å². The van der Waals surface area contributed by atoms with Crippen molar-refractivity contribution in [1.29, 1.82) is 0 Å². The van der Waals surface area contributed by atoms with Crippen molar-refractivity contribution in [3.63, 3.8) is 0 Å². The summed E-state index contributed by atoms with van der Waals surface area (Å²) < 4.78 is 0. The standard InChI is InChI=1S/C17H20N2O/c1-13(20)17-9-8-16(11-18-17)19-10-4-7-14-5-2-3-6-15(14)12-19/h2-3,5-6,8-9,11,13,20H,4,7,10,12H2,1H3/t13-/m0/s1. The smallest absolute Gasteiger partial charge is 0.0931 e. The van der Waals surface area contributed by atoms with Gasteiger partial charge in [0.1, 0.15) is 0 Å². The first kappa shape index (κ1) is 13.1. The monoisotopic (exact) mass is 268 g/mol. The van der Waals surface area contributed by atoms with Crippen LogP contribution in [0.2, 0.25) is 0 Å². The van der Waals surface area contributed by atoms with Gasteiger partial charge in [-0.2, -0.15) is 0 Å². The molecule has 3 rings (SSSR count). The number of aliphatic hydroxyl groups is 1. The Bertz CT molecular complexity index is 578. The summed E-state index contributed by atoms with van der Waals surface area (Å²) in [7, 11) is 0. The summed E-state index contributed by atoms with van der Waals surface area (Å²) in [6.45, 7) is 3.72. The molecule has 0 bridgehead atoms. The van der Waals surface area contributed by atoms with Crippen LogP contribution in [0.3, 0.4) is 0 Å². The van der Waals surface area contributed by atoms with E-state index in [1.807, 2.05) is 12.3 Å². The molecule has 0 spiro atoms. The van der Waals surface area contributed by atoms with Gasteiger partial charge in [0.15, 0.2) is 0 Å². The number of benzene rings is 1. The van der Waals surface area contributed by atoms with Gasteiger partial charge in [-0.3, -0.25) is 4.98 Å². The summed E-state index contributed by atoms with van der Waals surface area (Å²) in [6.07, 6.45) is 3.67. The fourth-order valence-corrected chi connectivity index (χ4v) is 2.75. The molecule has 0 aliphatic carbocycles. The van der Waals surface area contributed by atoms with Gasteiger partial charge in [0.2, 0.25) is 0 Å². The van der Waals surface area contributed by atoms with Gasteiger partial charge in [-0.05, 0) is 43.0 Å². The molecule has 0 saturated heterocycles. The van der Waals surface area contributed by atoms with Crippen LogP contribution in [0, 0.1) is 0 Å². The van der Waals surface area contributed by atoms with Gasteiger partial charge in [-0.1, -0.05) is 24.3 Å². The largest absolute Gasteiger partial charge is 0.387 e. The van der Waals surface area contributed by atoms with Crippen LogP contribution < -0.4 is 4.90 Å². The number of aryl methyl sites for hydroxylation is 1. The van der Waals surface area contributed by atoms with E-state index in [4.69, 9.17) is 0 Å². The summed E-state index contributed by atoms with van der Waals surface area (Å²) in [6, 6.07) is 12.6. The zero-order valence-corrected chi connectivity index (χ0v) is 11.8. The van der Waals surface area contributed by atoms with E-state index in [0.717, 1.165) is 37.3 Å². The molecule has 3 heteroatoms. The van der Waals surface area contributed by atoms with E-state index in [1.165, 1.54) is 11.1 Å². The number of fused-ring (bicyclic) bond motifs is 1. The Hall–Kier alpha value is -1.87. The van der Waals surface area contributed by atoms with Crippen molar-refractivity contribution in [2.24, 2.45) is 0 Å². The Balaban J connectivity index is 1.84. The lowest BCUT2D eigenvalue weighted by atomic mass is 10.0. The zero-order valence-electron chi connectivity index (χ0n) is 11.8. The maximum absolute atomic E-state index is 9.52. The number of hydrogen-bond acceptors (Lipinski definition) is 3. The third kappa shape index (κ3) is 2.68. The van der Waals surface area contributed by atoms with Crippen LogP contribution in [-0.2, 0) is 13.0 Å². The number of nitrogens with zero attached hydrogens (tertiary/aromatic N) is 2. The quantitative estimate of drug-likeness (QED) is 0.909. The van der Waals surface area contributed by atoms with Gasteiger partial charge in [0, 0.05) is 13.1 Å². The molecular weight excluding hydrogens is 248 g/mol. The number of aromatic nitrogens is 1. The first-order chi connectivity index (χ1) is 9.74. The molecule has 0 saturated carbocycles. The first-order valence-electron chi connectivity index (χ1n) is 7.20. The molecule has 0 radical (unpaired) electrons. The Morgan fingerprint density at radius 2 is 1.95 bits per heavy atom. The number of hydrogen-bond donors (Lipinski definition) is 1. The van der Waals surface area contributed by atoms with Crippen LogP contribution in [0.5, 0.6) is 0 Å². The van der Waals surface area contributed by atoms with Gasteiger partial charge < -0.3 is 10.0 Å². The van der Waals surface area contributed by atoms with Crippen molar-refractivity contribution >= 4 is 5.69 Å². The molecule has 1 N–H and O–H groups in total. The lowest BCUT2D eigenvalue weighted by Gasteiger charge is -2.23. The molecule has 1 aromatic heterocycles. The lowest BCUT2D eigenvalue weighted by Crippen LogP contribution is -2.22. The van der Waals surface area contributed by atoms with E-state index in [-0.39, 0.29) is 0 Å². The number of pyridine rings is 1. The summed E-state index contributed by atoms with van der Waals surface area (Å²) >= 11 is 0. The molecule has 2 heterocycles. The molecule has 0 fully saturated rings. The molecule has 2 aromatic rings. The highest BCUT2D eigenvalue weighted by Crippen LogP contribution is 2.24. The average Bonchev–Trinajstić information content (AvgIpc) is 2.69. The van der Waals surface area contributed by atoms with Crippen LogP contribution in [0.1, 0.15) is 36.3 Å². The van der Waals surface area contributed by atoms with Gasteiger partial charge >= 0.3 is 0 Å². The third-order valence-corrected chi connectivity index (χ3v) is 3.92. The van der Waals surface area contributed by atoms with Crippen LogP contribution >= 0.6 is 0 Å². The van der Waals surface area contributed by atoms with E-state index in [0.29, 0.717) is 0 Å². The summed E-state index contributed by atoms with van der Waals surface area (Å²) in [5.41, 5.74) is 4.73. The van der Waals surface area contributed by atoms with Crippen LogP contribution in [0.25, 0.3) is 0 Å². The van der Waals surface area contributed by atoms with E-state index < -0.39 is 6.10 Å². The molecule has 1 aromatic carbocycles. The minimum Gasteiger partial charge on any atom is -0.387 e. The Labute approximate surface area is 119 Å². The van der Waals surface area contributed by atoms with Crippen molar-refractivity contribution in [1.82, 2.24) is 4.98 Å². The Kier molecular flexibility index (Phi) is 3.70. The fourth-order valence-electron chi connectivity index (χ4n) is 2.75. The molecule has 104 valence electrons. The Morgan fingerprint density at radius 1 is 1.15 bits per heavy atom. The van der Waals surface area contributed by atoms with E-state index in [9.17, 15) is 5.11 Å². The van der Waals surface area contributed by atoms with Gasteiger partial charge in [0.25, 0.3) is 0 Å². The molecule has 1 aliphatic heterocycles. The summed E-state index contributed by atoms with van der Waals surface area (Å²) in [4.78, 5) is 6.71. The van der Waals surface area contributed by atoms with Crippen LogP contribution in [-0.4, -0.2) is 16.6 Å². The molecular formula is C17H20N2O. The predicted molar refractivity (Wildman–Crippen MR) is 80.7 cm³/mol. The summed E-state index contributed by atoms with van der Waals surface area (Å²) in [5.74, 6) is 0. The lowest BCUT2D eigenvalue weighted by molar-refractivity contribution is 0.194. The molecule has 3 nitrogen and oxygen atoms in total. The van der Waals surface area contributed by atoms with E-state index >= 15 is 0 Å². The number of rotatable bonds is 2. The van der Waals surface area contributed by atoms with Gasteiger partial charge in [0.05, 0.1) is 23.7 Å². The minimum atomic E-state index is -0.506. The highest BCUT2D eigenvalue weighted by atomic mass is 16.3. The molecule has 0 unspecified atom stereocenters. The molecule has 20 heavy (non-hydrogen) atoms. The maximum atomic E-state index is 9.52. The van der Waals surface area contributed by atoms with Crippen molar-refractivity contribution in [3.8, 4) is 0 Å². The highest BCUT2D eigenvalue weighted by Gasteiger charge is 2.15. The molecule has 1 atom stereocenters. The van der Waals surface area contributed by atoms with Gasteiger partial charge in [-0.15, -0.1) is 0 Å². The average molecular weight is 268 g/mol. The van der Waals surface area contributed by atoms with Crippen molar-refractivity contribution < 1.29 is 5.11 Å². The third-order valence-electron chi connectivity index (χ3n) is 3.92. The normalized spacial score (nSPS) is 16.4. The molecule has 0 amide bonds. The number of anilines is 1. The zero-order chi connectivity index (χ0) is 13.9. The first-order valence-corrected chi connectivity index (χ1v) is 7.20. The highest BCUT2D eigenvalue weighted by molar-refractivity contribution is 5.47. The van der Waals surface area contributed by atoms with Crippen molar-refractivity contribution in [2.75, 3.05) is 11.4 Å². The second-order valence-electron chi connectivity index (χ2n) is 5.41. The molecule has 1 aliphatic rings.